The molecule has 0 aromatic heterocycles. The summed E-state index contributed by atoms with van der Waals surface area (Å²) >= 11 is 0. The fraction of sp³-hybridized carbons (Fsp3) is 0.840. The summed E-state index contributed by atoms with van der Waals surface area (Å²) in [5.41, 5.74) is 6.06. The van der Waals surface area contributed by atoms with Gasteiger partial charge in [-0.1, -0.05) is 11.6 Å². The second-order valence-corrected chi connectivity index (χ2v) is 10.8. The maximum atomic E-state index is 12.8. The van der Waals surface area contributed by atoms with Gasteiger partial charge in [-0.05, 0) is 65.7 Å². The van der Waals surface area contributed by atoms with Crippen LogP contribution in [0, 0.1) is 5.92 Å². The highest BCUT2D eigenvalue weighted by atomic mass is 16.6. The highest BCUT2D eigenvalue weighted by molar-refractivity contribution is 5.78. The molecule has 4 fully saturated rings. The molecular weight excluding hydrogens is 438 g/mol. The van der Waals surface area contributed by atoms with E-state index in [0.29, 0.717) is 13.0 Å². The minimum atomic E-state index is -0.407. The fourth-order valence-electron chi connectivity index (χ4n) is 6.08. The Bertz CT molecular complexity index is 788. The maximum absolute atomic E-state index is 12.8. The topological polar surface area (TPSA) is 128 Å². The average Bonchev–Trinajstić information content (AvgIpc) is 3.72. The fourth-order valence-corrected chi connectivity index (χ4v) is 6.08. The minimum Gasteiger partial charge on any atom is -0.443 e. The Kier molecular flexibility index (Phi) is 7.57. The van der Waals surface area contributed by atoms with Crippen LogP contribution >= 0.6 is 0 Å². The van der Waals surface area contributed by atoms with Gasteiger partial charge in [-0.3, -0.25) is 4.79 Å². The van der Waals surface area contributed by atoms with Crippen LogP contribution in [0.1, 0.15) is 65.7 Å². The molecule has 192 valence electrons. The van der Waals surface area contributed by atoms with E-state index in [1.165, 1.54) is 5.57 Å². The maximum Gasteiger partial charge on any atom is 0.407 e. The third kappa shape index (κ3) is 5.42. The van der Waals surface area contributed by atoms with Gasteiger partial charge in [0, 0.05) is 19.2 Å². The largest absolute Gasteiger partial charge is 0.443 e. The number of hydrogen-bond donors (Lipinski definition) is 3. The lowest BCUT2D eigenvalue weighted by Gasteiger charge is -2.42. The van der Waals surface area contributed by atoms with Crippen molar-refractivity contribution < 1.29 is 28.5 Å². The van der Waals surface area contributed by atoms with Gasteiger partial charge in [-0.2, -0.15) is 0 Å². The second kappa shape index (κ2) is 10.1. The first-order chi connectivity index (χ1) is 16.2. The van der Waals surface area contributed by atoms with Crippen LogP contribution in [0.15, 0.2) is 11.6 Å². The molecule has 2 saturated heterocycles. The molecule has 4 N–H and O–H groups in total. The molecule has 0 aromatic rings. The van der Waals surface area contributed by atoms with Crippen molar-refractivity contribution in [1.29, 1.82) is 0 Å². The average molecular weight is 480 g/mol. The molecule has 9 nitrogen and oxygen atoms in total. The summed E-state index contributed by atoms with van der Waals surface area (Å²) < 4.78 is 24.1. The zero-order chi connectivity index (χ0) is 24.5. The number of ether oxygens (including phenoxy) is 4. The number of alkyl carbamates (subject to hydrolysis) is 1. The van der Waals surface area contributed by atoms with E-state index < -0.39 is 6.09 Å². The van der Waals surface area contributed by atoms with Gasteiger partial charge < -0.3 is 35.3 Å². The molecular formula is C25H41N3O6. The van der Waals surface area contributed by atoms with Crippen LogP contribution in [-0.4, -0.2) is 73.9 Å². The molecule has 2 aliphatic carbocycles. The van der Waals surface area contributed by atoms with Crippen molar-refractivity contribution in [2.24, 2.45) is 11.7 Å². The summed E-state index contributed by atoms with van der Waals surface area (Å²) in [6, 6.07) is 0.158. The van der Waals surface area contributed by atoms with Crippen molar-refractivity contribution in [3.8, 4) is 0 Å². The molecule has 0 aromatic carbocycles. The van der Waals surface area contributed by atoms with Gasteiger partial charge in [0.15, 0.2) is 0 Å². The summed E-state index contributed by atoms with van der Waals surface area (Å²) in [7, 11) is 1.68. The Morgan fingerprint density at radius 3 is 2.32 bits per heavy atom. The quantitative estimate of drug-likeness (QED) is 0.360. The molecule has 0 radical (unpaired) electrons. The predicted octanol–water partition coefficient (Wildman–Crippen LogP) is 2.18. The molecule has 5 unspecified atom stereocenters. The van der Waals surface area contributed by atoms with E-state index in [1.54, 1.807) is 7.11 Å². The Morgan fingerprint density at radius 2 is 1.76 bits per heavy atom. The molecule has 4 aliphatic rings. The lowest BCUT2D eigenvalue weighted by Crippen LogP contribution is -2.56. The van der Waals surface area contributed by atoms with E-state index in [4.69, 9.17) is 24.7 Å². The van der Waals surface area contributed by atoms with Crippen LogP contribution < -0.4 is 16.4 Å². The van der Waals surface area contributed by atoms with Crippen molar-refractivity contribution in [3.63, 3.8) is 0 Å². The summed E-state index contributed by atoms with van der Waals surface area (Å²) in [6.07, 6.45) is 6.88. The van der Waals surface area contributed by atoms with E-state index in [0.717, 1.165) is 38.5 Å². The first-order valence-electron chi connectivity index (χ1n) is 12.7. The number of epoxide rings is 2. The molecule has 0 bridgehead atoms. The number of amides is 2. The zero-order valence-electron chi connectivity index (χ0n) is 20.9. The van der Waals surface area contributed by atoms with Gasteiger partial charge in [-0.15, -0.1) is 0 Å². The van der Waals surface area contributed by atoms with Gasteiger partial charge in [-0.25, -0.2) is 4.79 Å². The van der Waals surface area contributed by atoms with E-state index >= 15 is 0 Å². The highest BCUT2D eigenvalue weighted by Gasteiger charge is 2.72. The van der Waals surface area contributed by atoms with Crippen molar-refractivity contribution in [3.05, 3.63) is 11.6 Å². The Morgan fingerprint density at radius 1 is 1.12 bits per heavy atom. The van der Waals surface area contributed by atoms with Crippen LogP contribution in [-0.2, 0) is 23.7 Å². The SMILES string of the molecule is COC1C(OC(=O)NC2CCC(NC(=O)CN)CC2)CCC2(CO2)C1C1(C)O[C@@H]1CC=C(C)C. The predicted molar refractivity (Wildman–Crippen MR) is 126 cm³/mol. The zero-order valence-corrected chi connectivity index (χ0v) is 20.9. The number of carbonyl (C=O) groups is 2. The van der Waals surface area contributed by atoms with Crippen LogP contribution in [0.2, 0.25) is 0 Å². The summed E-state index contributed by atoms with van der Waals surface area (Å²) in [5, 5.41) is 5.95. The third-order valence-corrected chi connectivity index (χ3v) is 8.10. The van der Waals surface area contributed by atoms with Gasteiger partial charge >= 0.3 is 6.09 Å². The normalized spacial score (nSPS) is 40.9. The second-order valence-electron chi connectivity index (χ2n) is 10.8. The number of nitrogens with two attached hydrogens (primary N) is 1. The first kappa shape index (κ1) is 25.4. The summed E-state index contributed by atoms with van der Waals surface area (Å²) in [4.78, 5) is 24.3. The third-order valence-electron chi connectivity index (χ3n) is 8.10. The smallest absolute Gasteiger partial charge is 0.407 e. The van der Waals surface area contributed by atoms with E-state index in [2.05, 4.69) is 37.5 Å². The van der Waals surface area contributed by atoms with Crippen LogP contribution in [0.4, 0.5) is 4.79 Å². The molecule has 2 amide bonds. The molecule has 6 atom stereocenters. The van der Waals surface area contributed by atoms with Gasteiger partial charge in [0.1, 0.15) is 23.4 Å². The number of allylic oxidation sites excluding steroid dienone is 1. The van der Waals surface area contributed by atoms with Crippen LogP contribution in [0.3, 0.4) is 0 Å². The van der Waals surface area contributed by atoms with E-state index in [-0.39, 0.29) is 60.0 Å². The van der Waals surface area contributed by atoms with Gasteiger partial charge in [0.2, 0.25) is 5.91 Å². The van der Waals surface area contributed by atoms with E-state index in [9.17, 15) is 9.59 Å². The lowest BCUT2D eigenvalue weighted by atomic mass is 9.68. The van der Waals surface area contributed by atoms with Crippen molar-refractivity contribution >= 4 is 12.0 Å². The van der Waals surface area contributed by atoms with Gasteiger partial charge in [0.25, 0.3) is 0 Å². The number of hydrogen-bond acceptors (Lipinski definition) is 7. The Labute approximate surface area is 202 Å². The lowest BCUT2D eigenvalue weighted by molar-refractivity contribution is -0.120. The van der Waals surface area contributed by atoms with Crippen molar-refractivity contribution in [2.75, 3.05) is 20.3 Å². The first-order valence-corrected chi connectivity index (χ1v) is 12.7. The number of carbonyl (C=O) groups excluding carboxylic acids is 2. The Balaban J connectivity index is 1.32. The number of rotatable bonds is 8. The van der Waals surface area contributed by atoms with Crippen LogP contribution in [0.5, 0.6) is 0 Å². The van der Waals surface area contributed by atoms with Gasteiger partial charge in [0.05, 0.1) is 25.2 Å². The van der Waals surface area contributed by atoms with Crippen LogP contribution in [0.25, 0.3) is 0 Å². The molecule has 2 heterocycles. The molecule has 4 rings (SSSR count). The minimum absolute atomic E-state index is 0.000341. The molecule has 34 heavy (non-hydrogen) atoms. The van der Waals surface area contributed by atoms with Crippen molar-refractivity contribution in [2.45, 2.75) is 107 Å². The standard InChI is InChI=1S/C25H41N3O6/c1-15(2)5-10-19-24(3,34-19)22-21(31-4)18(11-12-25(22)14-32-25)33-23(30)28-17-8-6-16(7-9-17)27-20(29)13-26/h5,16-19,21-22H,6-14,26H2,1-4H3,(H,27,29)(H,28,30)/t16?,17?,18?,19-,21?,22?,24?,25?/m1/s1. The summed E-state index contributed by atoms with van der Waals surface area (Å²) in [6.45, 7) is 7.03. The number of methoxy groups -OCH3 is 1. The molecule has 2 saturated carbocycles. The highest BCUT2D eigenvalue weighted by Crippen LogP contribution is 2.59. The molecule has 9 heteroatoms. The molecule has 1 spiro atoms. The summed E-state index contributed by atoms with van der Waals surface area (Å²) in [5.74, 6) is -0.129. The molecule has 2 aliphatic heterocycles. The van der Waals surface area contributed by atoms with Crippen molar-refractivity contribution in [1.82, 2.24) is 10.6 Å². The number of nitrogens with one attached hydrogen (secondary N) is 2. The monoisotopic (exact) mass is 479 g/mol. The van der Waals surface area contributed by atoms with E-state index in [1.807, 2.05) is 0 Å². The Hall–Kier alpha value is -1.68.